The summed E-state index contributed by atoms with van der Waals surface area (Å²) in [5, 5.41) is 3.22. The summed E-state index contributed by atoms with van der Waals surface area (Å²) in [4.78, 5) is 14.2. The summed E-state index contributed by atoms with van der Waals surface area (Å²) in [5.41, 5.74) is 1.07. The van der Waals surface area contributed by atoms with Crippen LogP contribution in [0.4, 0.5) is 0 Å². The highest BCUT2D eigenvalue weighted by molar-refractivity contribution is 5.78. The monoisotopic (exact) mass is 306 g/mol. The normalized spacial score (nSPS) is 15.3. The highest BCUT2D eigenvalue weighted by Gasteiger charge is 2.14. The molecule has 1 aromatic carbocycles. The van der Waals surface area contributed by atoms with Crippen molar-refractivity contribution < 1.29 is 14.3 Å². The number of nitrogens with zero attached hydrogens (tertiary/aromatic N) is 1. The zero-order valence-electron chi connectivity index (χ0n) is 13.6. The first-order chi connectivity index (χ1) is 10.7. The molecule has 1 fully saturated rings. The van der Waals surface area contributed by atoms with Crippen molar-refractivity contribution in [3.8, 4) is 11.5 Å². The quantitative estimate of drug-likeness (QED) is 0.875. The number of hydrogen-bond acceptors (Lipinski definition) is 4. The van der Waals surface area contributed by atoms with Gasteiger partial charge < -0.3 is 19.7 Å². The Morgan fingerprint density at radius 3 is 2.41 bits per heavy atom. The third kappa shape index (κ3) is 4.63. The molecular formula is C17H26N2O3. The van der Waals surface area contributed by atoms with Crippen molar-refractivity contribution in [2.45, 2.75) is 32.2 Å². The van der Waals surface area contributed by atoms with Crippen LogP contribution in [0.3, 0.4) is 0 Å². The molecule has 1 heterocycles. The minimum absolute atomic E-state index is 0.197. The first kappa shape index (κ1) is 16.6. The lowest BCUT2D eigenvalue weighted by molar-refractivity contribution is -0.130. The Kier molecular flexibility index (Phi) is 6.52. The fourth-order valence-corrected chi connectivity index (χ4v) is 2.74. The van der Waals surface area contributed by atoms with Gasteiger partial charge in [-0.05, 0) is 30.5 Å². The van der Waals surface area contributed by atoms with E-state index in [0.717, 1.165) is 31.5 Å². The fourth-order valence-electron chi connectivity index (χ4n) is 2.74. The van der Waals surface area contributed by atoms with E-state index in [0.29, 0.717) is 24.6 Å². The third-order valence-electron chi connectivity index (χ3n) is 4.01. The average molecular weight is 306 g/mol. The van der Waals surface area contributed by atoms with Crippen molar-refractivity contribution in [2.75, 3.05) is 33.9 Å². The maximum absolute atomic E-state index is 12.2. The number of carbonyl (C=O) groups is 1. The smallest absolute Gasteiger partial charge is 0.236 e. The molecule has 0 radical (unpaired) electrons. The van der Waals surface area contributed by atoms with Gasteiger partial charge in [0.1, 0.15) is 0 Å². The highest BCUT2D eigenvalue weighted by Crippen LogP contribution is 2.27. The van der Waals surface area contributed by atoms with Gasteiger partial charge in [0, 0.05) is 19.6 Å². The summed E-state index contributed by atoms with van der Waals surface area (Å²) in [5.74, 6) is 1.62. The number of hydrogen-bond donors (Lipinski definition) is 1. The minimum Gasteiger partial charge on any atom is -0.493 e. The topological polar surface area (TPSA) is 50.8 Å². The van der Waals surface area contributed by atoms with E-state index in [1.165, 1.54) is 12.8 Å². The second-order valence-electron chi connectivity index (χ2n) is 5.59. The summed E-state index contributed by atoms with van der Waals surface area (Å²) in [6.45, 7) is 2.82. The number of methoxy groups -OCH3 is 2. The summed E-state index contributed by atoms with van der Waals surface area (Å²) in [6, 6.07) is 5.79. The molecule has 0 atom stereocenters. The fraction of sp³-hybridized carbons (Fsp3) is 0.588. The summed E-state index contributed by atoms with van der Waals surface area (Å²) in [7, 11) is 3.24. The van der Waals surface area contributed by atoms with E-state index in [2.05, 4.69) is 5.32 Å². The van der Waals surface area contributed by atoms with Crippen molar-refractivity contribution >= 4 is 5.91 Å². The molecule has 0 saturated carbocycles. The highest BCUT2D eigenvalue weighted by atomic mass is 16.5. The number of likely N-dealkylation sites (tertiary alicyclic amines) is 1. The summed E-state index contributed by atoms with van der Waals surface area (Å²) in [6.07, 6.45) is 4.73. The number of rotatable bonds is 6. The maximum atomic E-state index is 12.2. The lowest BCUT2D eigenvalue weighted by Gasteiger charge is -2.20. The van der Waals surface area contributed by atoms with E-state index in [9.17, 15) is 4.79 Å². The largest absolute Gasteiger partial charge is 0.493 e. The van der Waals surface area contributed by atoms with Crippen LogP contribution >= 0.6 is 0 Å². The number of ether oxygens (including phenoxy) is 2. The van der Waals surface area contributed by atoms with E-state index in [4.69, 9.17) is 9.47 Å². The molecule has 0 unspecified atom stereocenters. The zero-order chi connectivity index (χ0) is 15.8. The van der Waals surface area contributed by atoms with Crippen LogP contribution in [0.1, 0.15) is 31.2 Å². The predicted octanol–water partition coefficient (Wildman–Crippen LogP) is 2.20. The van der Waals surface area contributed by atoms with Gasteiger partial charge >= 0.3 is 0 Å². The van der Waals surface area contributed by atoms with E-state index in [1.807, 2.05) is 23.1 Å². The minimum atomic E-state index is 0.197. The Bertz CT molecular complexity index is 483. The third-order valence-corrected chi connectivity index (χ3v) is 4.01. The van der Waals surface area contributed by atoms with Gasteiger partial charge in [-0.3, -0.25) is 4.79 Å². The van der Waals surface area contributed by atoms with Crippen LogP contribution in [0.5, 0.6) is 11.5 Å². The molecule has 1 amide bonds. The van der Waals surface area contributed by atoms with Crippen LogP contribution in [0.25, 0.3) is 0 Å². The van der Waals surface area contributed by atoms with Crippen LogP contribution in [0.2, 0.25) is 0 Å². The molecule has 2 rings (SSSR count). The van der Waals surface area contributed by atoms with E-state index < -0.39 is 0 Å². The Labute approximate surface area is 132 Å². The summed E-state index contributed by atoms with van der Waals surface area (Å²) >= 11 is 0. The van der Waals surface area contributed by atoms with Crippen molar-refractivity contribution in [2.24, 2.45) is 0 Å². The van der Waals surface area contributed by atoms with Gasteiger partial charge in [0.15, 0.2) is 11.5 Å². The SMILES string of the molecule is COc1ccc(CNCC(=O)N2CCCCCC2)cc1OC. The number of amides is 1. The lowest BCUT2D eigenvalue weighted by atomic mass is 10.2. The number of carbonyl (C=O) groups excluding carboxylic acids is 1. The molecule has 1 aliphatic rings. The van der Waals surface area contributed by atoms with Crippen molar-refractivity contribution in [3.05, 3.63) is 23.8 Å². The van der Waals surface area contributed by atoms with Crippen LogP contribution in [-0.2, 0) is 11.3 Å². The van der Waals surface area contributed by atoms with Gasteiger partial charge in [-0.1, -0.05) is 18.9 Å². The molecule has 1 saturated heterocycles. The van der Waals surface area contributed by atoms with Gasteiger partial charge in [0.2, 0.25) is 5.91 Å². The standard InChI is InChI=1S/C17H26N2O3/c1-21-15-8-7-14(11-16(15)22-2)12-18-13-17(20)19-9-5-3-4-6-10-19/h7-8,11,18H,3-6,9-10,12-13H2,1-2H3. The molecular weight excluding hydrogens is 280 g/mol. The van der Waals surface area contributed by atoms with Crippen LogP contribution < -0.4 is 14.8 Å². The Balaban J connectivity index is 1.81. The molecule has 5 nitrogen and oxygen atoms in total. The van der Waals surface area contributed by atoms with Crippen molar-refractivity contribution in [1.29, 1.82) is 0 Å². The zero-order valence-corrected chi connectivity index (χ0v) is 13.6. The first-order valence-corrected chi connectivity index (χ1v) is 7.94. The van der Waals surface area contributed by atoms with Gasteiger partial charge in [-0.15, -0.1) is 0 Å². The summed E-state index contributed by atoms with van der Waals surface area (Å²) < 4.78 is 10.5. The van der Waals surface area contributed by atoms with E-state index in [-0.39, 0.29) is 5.91 Å². The van der Waals surface area contributed by atoms with Gasteiger partial charge in [0.25, 0.3) is 0 Å². The van der Waals surface area contributed by atoms with Crippen LogP contribution in [0.15, 0.2) is 18.2 Å². The predicted molar refractivity (Wildman–Crippen MR) is 86.3 cm³/mol. The average Bonchev–Trinajstić information content (AvgIpc) is 2.83. The second kappa shape index (κ2) is 8.63. The molecule has 22 heavy (non-hydrogen) atoms. The molecule has 122 valence electrons. The Morgan fingerprint density at radius 1 is 1.09 bits per heavy atom. The molecule has 0 aromatic heterocycles. The molecule has 0 aliphatic carbocycles. The van der Waals surface area contributed by atoms with Crippen molar-refractivity contribution in [1.82, 2.24) is 10.2 Å². The van der Waals surface area contributed by atoms with Crippen LogP contribution in [-0.4, -0.2) is 44.7 Å². The second-order valence-corrected chi connectivity index (χ2v) is 5.59. The molecule has 0 spiro atoms. The van der Waals surface area contributed by atoms with Crippen LogP contribution in [0, 0.1) is 0 Å². The molecule has 1 N–H and O–H groups in total. The van der Waals surface area contributed by atoms with E-state index in [1.54, 1.807) is 14.2 Å². The molecule has 0 bridgehead atoms. The van der Waals surface area contributed by atoms with Gasteiger partial charge in [-0.2, -0.15) is 0 Å². The Morgan fingerprint density at radius 2 is 1.77 bits per heavy atom. The number of nitrogens with one attached hydrogen (secondary N) is 1. The van der Waals surface area contributed by atoms with E-state index >= 15 is 0 Å². The molecule has 1 aromatic rings. The van der Waals surface area contributed by atoms with Gasteiger partial charge in [0.05, 0.1) is 20.8 Å². The number of benzene rings is 1. The molecule has 1 aliphatic heterocycles. The lowest BCUT2D eigenvalue weighted by Crippen LogP contribution is -2.38. The van der Waals surface area contributed by atoms with Gasteiger partial charge in [-0.25, -0.2) is 0 Å². The first-order valence-electron chi connectivity index (χ1n) is 7.94. The molecule has 5 heteroatoms. The maximum Gasteiger partial charge on any atom is 0.236 e. The van der Waals surface area contributed by atoms with Crippen molar-refractivity contribution in [3.63, 3.8) is 0 Å². The Hall–Kier alpha value is -1.75.